The fourth-order valence-electron chi connectivity index (χ4n) is 9.67. The lowest BCUT2D eigenvalue weighted by Gasteiger charge is -2.29. The standard InChI is InChI=1S/C69H129N2O6P/c1-6-8-10-12-14-16-18-20-22-24-26-28-30-32-33-34-35-36-37-39-41-43-45-47-49-51-53-55-57-59-61-63-69(73)70-67(66-77-78(74,75)76-65-64-71(3,4)5)68(72)62-60-58-56-54-52-50-48-46-44-42-40-38-31-29-27-25-23-21-19-17-15-13-11-9-7-2/h18,20,24,26,30,32,44,46,52,54,60,62,67-68,72H,6-17,19,21-23,25,27-29,31,33-43,45,47-51,53,55-59,61,63-66H2,1-5H3,(H-,70,73,74,75)/b20-18-,26-24-,32-30-,46-44+,54-52+,62-60+. The average Bonchev–Trinajstić information content (AvgIpc) is 3.41. The van der Waals surface area contributed by atoms with E-state index in [1.54, 1.807) is 6.08 Å². The van der Waals surface area contributed by atoms with E-state index in [9.17, 15) is 19.4 Å². The Bertz CT molecular complexity index is 1500. The summed E-state index contributed by atoms with van der Waals surface area (Å²) in [7, 11) is 1.24. The van der Waals surface area contributed by atoms with Gasteiger partial charge in [0.25, 0.3) is 7.82 Å². The summed E-state index contributed by atoms with van der Waals surface area (Å²) in [6.07, 6.45) is 83.0. The molecule has 0 aromatic heterocycles. The van der Waals surface area contributed by atoms with Crippen molar-refractivity contribution in [3.63, 3.8) is 0 Å². The number of aliphatic hydroxyl groups is 1. The molecular formula is C69H129N2O6P. The first-order valence-corrected chi connectivity index (χ1v) is 34.8. The van der Waals surface area contributed by atoms with E-state index in [2.05, 4.69) is 79.9 Å². The van der Waals surface area contributed by atoms with Gasteiger partial charge in [0, 0.05) is 6.42 Å². The van der Waals surface area contributed by atoms with Gasteiger partial charge in [0.1, 0.15) is 13.2 Å². The summed E-state index contributed by atoms with van der Waals surface area (Å²) < 4.78 is 23.4. The van der Waals surface area contributed by atoms with Crippen LogP contribution in [0.15, 0.2) is 72.9 Å². The Morgan fingerprint density at radius 1 is 0.449 bits per heavy atom. The molecule has 0 fully saturated rings. The van der Waals surface area contributed by atoms with Crippen molar-refractivity contribution >= 4 is 13.7 Å². The van der Waals surface area contributed by atoms with Crippen LogP contribution in [0.1, 0.15) is 309 Å². The summed E-state index contributed by atoms with van der Waals surface area (Å²) in [5.74, 6) is -0.209. The molecule has 0 radical (unpaired) electrons. The highest BCUT2D eigenvalue weighted by molar-refractivity contribution is 7.45. The quantitative estimate of drug-likeness (QED) is 0.0272. The molecule has 2 N–H and O–H groups in total. The van der Waals surface area contributed by atoms with Crippen LogP contribution in [0.4, 0.5) is 0 Å². The Hall–Kier alpha value is -2.06. The molecule has 0 rings (SSSR count). The van der Waals surface area contributed by atoms with Crippen LogP contribution in [0, 0.1) is 0 Å². The van der Waals surface area contributed by atoms with E-state index in [1.165, 1.54) is 231 Å². The van der Waals surface area contributed by atoms with Gasteiger partial charge in [0.2, 0.25) is 5.91 Å². The fraction of sp³-hybridized carbons (Fsp3) is 0.812. The van der Waals surface area contributed by atoms with Gasteiger partial charge in [0.05, 0.1) is 39.9 Å². The van der Waals surface area contributed by atoms with E-state index in [-0.39, 0.29) is 12.5 Å². The Morgan fingerprint density at radius 2 is 0.756 bits per heavy atom. The van der Waals surface area contributed by atoms with Crippen molar-refractivity contribution in [2.75, 3.05) is 40.9 Å². The minimum Gasteiger partial charge on any atom is -0.756 e. The second kappa shape index (κ2) is 59.6. The Morgan fingerprint density at radius 3 is 1.13 bits per heavy atom. The Balaban J connectivity index is 4.16. The van der Waals surface area contributed by atoms with E-state index in [0.29, 0.717) is 17.4 Å². The molecule has 0 aliphatic rings. The summed E-state index contributed by atoms with van der Waals surface area (Å²) >= 11 is 0. The minimum absolute atomic E-state index is 0.0104. The van der Waals surface area contributed by atoms with Gasteiger partial charge < -0.3 is 28.8 Å². The maximum Gasteiger partial charge on any atom is 0.268 e. The number of phosphoric acid groups is 1. The summed E-state index contributed by atoms with van der Waals surface area (Å²) in [6.45, 7) is 4.64. The Kier molecular flexibility index (Phi) is 58.0. The predicted molar refractivity (Wildman–Crippen MR) is 339 cm³/mol. The number of allylic oxidation sites excluding steroid dienone is 11. The second-order valence-corrected chi connectivity index (χ2v) is 25.2. The van der Waals surface area contributed by atoms with Crippen molar-refractivity contribution in [1.82, 2.24) is 5.32 Å². The molecular weight excluding hydrogens is 984 g/mol. The van der Waals surface area contributed by atoms with Crippen molar-refractivity contribution in [1.29, 1.82) is 0 Å². The number of unbranched alkanes of at least 4 members (excludes halogenated alkanes) is 38. The number of quaternary nitrogens is 1. The molecule has 0 aromatic rings. The number of hydrogen-bond donors (Lipinski definition) is 2. The van der Waals surface area contributed by atoms with E-state index < -0.39 is 26.6 Å². The number of rotatable bonds is 61. The van der Waals surface area contributed by atoms with Crippen molar-refractivity contribution in [2.45, 2.75) is 321 Å². The van der Waals surface area contributed by atoms with Gasteiger partial charge >= 0.3 is 0 Å². The molecule has 0 saturated heterocycles. The van der Waals surface area contributed by atoms with Gasteiger partial charge in [-0.2, -0.15) is 0 Å². The molecule has 3 atom stereocenters. The fourth-order valence-corrected chi connectivity index (χ4v) is 10.4. The smallest absolute Gasteiger partial charge is 0.268 e. The number of amides is 1. The summed E-state index contributed by atoms with van der Waals surface area (Å²) in [5, 5.41) is 13.9. The van der Waals surface area contributed by atoms with Crippen molar-refractivity contribution in [3.05, 3.63) is 72.9 Å². The molecule has 0 aliphatic carbocycles. The number of likely N-dealkylation sites (N-methyl/N-ethyl adjacent to an activating group) is 1. The third kappa shape index (κ3) is 61.6. The molecule has 0 bridgehead atoms. The highest BCUT2D eigenvalue weighted by Crippen LogP contribution is 2.38. The van der Waals surface area contributed by atoms with Gasteiger partial charge in [-0.1, -0.05) is 292 Å². The summed E-state index contributed by atoms with van der Waals surface area (Å²) in [5.41, 5.74) is 0. The van der Waals surface area contributed by atoms with E-state index in [1.807, 2.05) is 27.2 Å². The summed E-state index contributed by atoms with van der Waals surface area (Å²) in [4.78, 5) is 25.6. The van der Waals surface area contributed by atoms with Crippen molar-refractivity contribution in [3.8, 4) is 0 Å². The van der Waals surface area contributed by atoms with Crippen molar-refractivity contribution in [2.24, 2.45) is 0 Å². The average molecular weight is 1110 g/mol. The minimum atomic E-state index is -4.62. The largest absolute Gasteiger partial charge is 0.756 e. The lowest BCUT2D eigenvalue weighted by atomic mass is 10.0. The molecule has 0 aliphatic heterocycles. The number of hydrogen-bond acceptors (Lipinski definition) is 6. The van der Waals surface area contributed by atoms with Gasteiger partial charge in [-0.05, 0) is 83.5 Å². The van der Waals surface area contributed by atoms with Crippen LogP contribution in [0.5, 0.6) is 0 Å². The number of carbonyl (C=O) groups excluding carboxylic acids is 1. The van der Waals surface area contributed by atoms with Gasteiger partial charge in [-0.25, -0.2) is 0 Å². The first kappa shape index (κ1) is 75.9. The third-order valence-corrected chi connectivity index (χ3v) is 15.8. The highest BCUT2D eigenvalue weighted by atomic mass is 31.2. The van der Waals surface area contributed by atoms with Crippen LogP contribution < -0.4 is 10.2 Å². The van der Waals surface area contributed by atoms with Gasteiger partial charge in [0.15, 0.2) is 0 Å². The zero-order valence-electron chi connectivity index (χ0n) is 52.1. The van der Waals surface area contributed by atoms with E-state index in [4.69, 9.17) is 9.05 Å². The van der Waals surface area contributed by atoms with Crippen LogP contribution in [0.3, 0.4) is 0 Å². The Labute approximate surface area is 484 Å². The normalized spacial score (nSPS) is 14.2. The van der Waals surface area contributed by atoms with Crippen molar-refractivity contribution < 1.29 is 32.9 Å². The number of aliphatic hydroxyl groups excluding tert-OH is 1. The number of nitrogens with zero attached hydrogens (tertiary/aromatic N) is 1. The molecule has 3 unspecified atom stereocenters. The van der Waals surface area contributed by atoms with Crippen LogP contribution in [-0.2, 0) is 18.4 Å². The monoisotopic (exact) mass is 1110 g/mol. The molecule has 78 heavy (non-hydrogen) atoms. The van der Waals surface area contributed by atoms with Crippen LogP contribution in [-0.4, -0.2) is 68.5 Å². The highest BCUT2D eigenvalue weighted by Gasteiger charge is 2.23. The zero-order chi connectivity index (χ0) is 57.0. The van der Waals surface area contributed by atoms with Crippen LogP contribution in [0.25, 0.3) is 0 Å². The van der Waals surface area contributed by atoms with E-state index in [0.717, 1.165) is 57.8 Å². The molecule has 9 heteroatoms. The third-order valence-electron chi connectivity index (χ3n) is 14.9. The second-order valence-electron chi connectivity index (χ2n) is 23.8. The first-order chi connectivity index (χ1) is 38.0. The van der Waals surface area contributed by atoms with Crippen LogP contribution in [0.2, 0.25) is 0 Å². The predicted octanol–water partition coefficient (Wildman–Crippen LogP) is 20.4. The van der Waals surface area contributed by atoms with Crippen LogP contribution >= 0.6 is 7.82 Å². The lowest BCUT2D eigenvalue weighted by molar-refractivity contribution is -0.870. The number of phosphoric ester groups is 1. The van der Waals surface area contributed by atoms with Gasteiger partial charge in [-0.15, -0.1) is 0 Å². The molecule has 8 nitrogen and oxygen atoms in total. The molecule has 0 spiro atoms. The summed E-state index contributed by atoms with van der Waals surface area (Å²) in [6, 6.07) is -0.914. The van der Waals surface area contributed by atoms with Gasteiger partial charge in [-0.3, -0.25) is 9.36 Å². The van der Waals surface area contributed by atoms with E-state index >= 15 is 0 Å². The SMILES string of the molecule is CCCCCCC/C=C\C/C=C\C/C=C\CCCCCCCCCCCCCCCCCCC(=O)NC(COP(=O)([O-])OCC[N+](C)(C)C)C(O)/C=C/CC/C=C/CC/C=C/CCCCCCCCCCCCCCCCC. The molecule has 1 amide bonds. The number of carbonyl (C=O) groups is 1. The molecule has 456 valence electrons. The molecule has 0 aromatic carbocycles. The maximum absolute atomic E-state index is 13.0. The zero-order valence-corrected chi connectivity index (χ0v) is 53.0. The topological polar surface area (TPSA) is 108 Å². The molecule has 0 heterocycles. The first-order valence-electron chi connectivity index (χ1n) is 33.3. The maximum atomic E-state index is 13.0. The number of nitrogens with one attached hydrogen (secondary N) is 1. The molecule has 0 saturated carbocycles. The lowest BCUT2D eigenvalue weighted by Crippen LogP contribution is -2.45.